The predicted molar refractivity (Wildman–Crippen MR) is 91.7 cm³/mol. The minimum absolute atomic E-state index is 0.197. The van der Waals surface area contributed by atoms with Crippen molar-refractivity contribution in [2.24, 2.45) is 0 Å². The molecule has 0 bridgehead atoms. The van der Waals surface area contributed by atoms with Crippen LogP contribution in [0.5, 0.6) is 0 Å². The van der Waals surface area contributed by atoms with Gasteiger partial charge >= 0.3 is 0 Å². The SMILES string of the molecule is O=C(NCc1ccncc1)c1cnn2c(-c3cccs3)ccnc12. The molecule has 24 heavy (non-hydrogen) atoms. The van der Waals surface area contributed by atoms with Crippen molar-refractivity contribution in [3.63, 3.8) is 0 Å². The van der Waals surface area contributed by atoms with Crippen LogP contribution in [-0.4, -0.2) is 25.5 Å². The second-order valence-corrected chi connectivity index (χ2v) is 6.09. The van der Waals surface area contributed by atoms with Gasteiger partial charge in [0.15, 0.2) is 5.65 Å². The molecular formula is C17H13N5OS. The Bertz CT molecular complexity index is 979. The van der Waals surface area contributed by atoms with Gasteiger partial charge in [0.1, 0.15) is 5.56 Å². The van der Waals surface area contributed by atoms with E-state index in [2.05, 4.69) is 20.4 Å². The third-order valence-electron chi connectivity index (χ3n) is 3.62. The number of nitrogens with zero attached hydrogens (tertiary/aromatic N) is 4. The van der Waals surface area contributed by atoms with E-state index in [1.54, 1.807) is 40.6 Å². The maximum Gasteiger partial charge on any atom is 0.257 e. The minimum Gasteiger partial charge on any atom is -0.348 e. The van der Waals surface area contributed by atoms with Crippen LogP contribution in [0.4, 0.5) is 0 Å². The second kappa shape index (κ2) is 6.21. The van der Waals surface area contributed by atoms with Crippen molar-refractivity contribution >= 4 is 22.9 Å². The molecule has 0 unspecified atom stereocenters. The first-order valence-corrected chi connectivity index (χ1v) is 8.24. The van der Waals surface area contributed by atoms with E-state index in [-0.39, 0.29) is 5.91 Å². The number of rotatable bonds is 4. The van der Waals surface area contributed by atoms with Crippen molar-refractivity contribution in [2.45, 2.75) is 6.54 Å². The van der Waals surface area contributed by atoms with Crippen molar-refractivity contribution < 1.29 is 4.79 Å². The smallest absolute Gasteiger partial charge is 0.257 e. The molecule has 4 aromatic heterocycles. The van der Waals surface area contributed by atoms with E-state index in [1.165, 1.54) is 0 Å². The lowest BCUT2D eigenvalue weighted by molar-refractivity contribution is 0.0952. The molecule has 0 saturated carbocycles. The Labute approximate surface area is 141 Å². The summed E-state index contributed by atoms with van der Waals surface area (Å²) in [6, 6.07) is 9.62. The maximum atomic E-state index is 12.5. The third kappa shape index (κ3) is 2.65. The largest absolute Gasteiger partial charge is 0.348 e. The summed E-state index contributed by atoms with van der Waals surface area (Å²) < 4.78 is 1.70. The van der Waals surface area contributed by atoms with Gasteiger partial charge in [-0.25, -0.2) is 9.50 Å². The monoisotopic (exact) mass is 335 g/mol. The van der Waals surface area contributed by atoms with Crippen LogP contribution in [0.1, 0.15) is 15.9 Å². The molecule has 0 aromatic carbocycles. The number of hydrogen-bond acceptors (Lipinski definition) is 5. The number of carbonyl (C=O) groups is 1. The fourth-order valence-electron chi connectivity index (χ4n) is 2.44. The summed E-state index contributed by atoms with van der Waals surface area (Å²) in [4.78, 5) is 21.8. The number of fused-ring (bicyclic) bond motifs is 1. The quantitative estimate of drug-likeness (QED) is 0.622. The first-order valence-electron chi connectivity index (χ1n) is 7.36. The van der Waals surface area contributed by atoms with Crippen LogP contribution < -0.4 is 5.32 Å². The van der Waals surface area contributed by atoms with Gasteiger partial charge in [-0.05, 0) is 35.2 Å². The molecule has 4 rings (SSSR count). The molecule has 0 atom stereocenters. The van der Waals surface area contributed by atoms with Crippen LogP contribution in [0.25, 0.3) is 16.2 Å². The van der Waals surface area contributed by atoms with Crippen LogP contribution in [0.2, 0.25) is 0 Å². The normalized spacial score (nSPS) is 10.8. The summed E-state index contributed by atoms with van der Waals surface area (Å²) in [6.45, 7) is 0.434. The molecular weight excluding hydrogens is 322 g/mol. The second-order valence-electron chi connectivity index (χ2n) is 5.14. The highest BCUT2D eigenvalue weighted by molar-refractivity contribution is 7.13. The first kappa shape index (κ1) is 14.5. The Morgan fingerprint density at radius 3 is 2.83 bits per heavy atom. The molecule has 0 aliphatic heterocycles. The zero-order valence-corrected chi connectivity index (χ0v) is 13.4. The van der Waals surface area contributed by atoms with Gasteiger partial charge in [0.05, 0.1) is 16.8 Å². The summed E-state index contributed by atoms with van der Waals surface area (Å²) >= 11 is 1.62. The lowest BCUT2D eigenvalue weighted by atomic mass is 10.2. The molecule has 1 amide bonds. The van der Waals surface area contributed by atoms with Crippen molar-refractivity contribution in [3.05, 3.63) is 71.6 Å². The summed E-state index contributed by atoms with van der Waals surface area (Å²) in [5.41, 5.74) is 2.92. The average Bonchev–Trinajstić information content (AvgIpc) is 3.30. The van der Waals surface area contributed by atoms with Crippen molar-refractivity contribution in [1.82, 2.24) is 24.9 Å². The van der Waals surface area contributed by atoms with Gasteiger partial charge in [-0.3, -0.25) is 9.78 Å². The van der Waals surface area contributed by atoms with Gasteiger partial charge in [-0.15, -0.1) is 11.3 Å². The summed E-state index contributed by atoms with van der Waals surface area (Å²) in [5.74, 6) is -0.197. The van der Waals surface area contributed by atoms with Crippen molar-refractivity contribution in [2.75, 3.05) is 0 Å². The van der Waals surface area contributed by atoms with E-state index in [0.29, 0.717) is 17.8 Å². The molecule has 1 N–H and O–H groups in total. The van der Waals surface area contributed by atoms with Crippen LogP contribution in [0.15, 0.2) is 60.5 Å². The molecule has 0 spiro atoms. The zero-order valence-electron chi connectivity index (χ0n) is 12.6. The minimum atomic E-state index is -0.197. The Morgan fingerprint density at radius 1 is 1.17 bits per heavy atom. The molecule has 0 saturated heterocycles. The average molecular weight is 335 g/mol. The van der Waals surface area contributed by atoms with E-state index >= 15 is 0 Å². The fourth-order valence-corrected chi connectivity index (χ4v) is 3.18. The van der Waals surface area contributed by atoms with Crippen molar-refractivity contribution in [3.8, 4) is 10.6 Å². The number of aromatic nitrogens is 4. The topological polar surface area (TPSA) is 72.2 Å². The van der Waals surface area contributed by atoms with Crippen LogP contribution in [0.3, 0.4) is 0 Å². The molecule has 0 radical (unpaired) electrons. The van der Waals surface area contributed by atoms with E-state index in [1.807, 2.05) is 35.7 Å². The Kier molecular flexibility index (Phi) is 3.76. The molecule has 7 heteroatoms. The Hall–Kier alpha value is -3.06. The molecule has 0 aliphatic rings. The number of thiophene rings is 1. The summed E-state index contributed by atoms with van der Waals surface area (Å²) in [7, 11) is 0. The number of hydrogen-bond donors (Lipinski definition) is 1. The Balaban J connectivity index is 1.63. The fraction of sp³-hybridized carbons (Fsp3) is 0.0588. The molecule has 4 aromatic rings. The summed E-state index contributed by atoms with van der Waals surface area (Å²) in [5, 5.41) is 9.24. The van der Waals surface area contributed by atoms with Crippen LogP contribution in [-0.2, 0) is 6.54 Å². The highest BCUT2D eigenvalue weighted by atomic mass is 32.1. The number of nitrogens with one attached hydrogen (secondary N) is 1. The van der Waals surface area contributed by atoms with Gasteiger partial charge in [0.2, 0.25) is 0 Å². The van der Waals surface area contributed by atoms with E-state index in [0.717, 1.165) is 16.1 Å². The highest BCUT2D eigenvalue weighted by Crippen LogP contribution is 2.25. The summed E-state index contributed by atoms with van der Waals surface area (Å²) in [6.07, 6.45) is 6.66. The molecule has 0 fully saturated rings. The molecule has 6 nitrogen and oxygen atoms in total. The number of amides is 1. The third-order valence-corrected chi connectivity index (χ3v) is 4.51. The Morgan fingerprint density at radius 2 is 2.04 bits per heavy atom. The van der Waals surface area contributed by atoms with Gasteiger partial charge in [-0.2, -0.15) is 5.10 Å². The number of carbonyl (C=O) groups excluding carboxylic acids is 1. The van der Waals surface area contributed by atoms with Crippen LogP contribution in [0, 0.1) is 0 Å². The van der Waals surface area contributed by atoms with Gasteiger partial charge in [0, 0.05) is 25.1 Å². The maximum absolute atomic E-state index is 12.5. The highest BCUT2D eigenvalue weighted by Gasteiger charge is 2.16. The lowest BCUT2D eigenvalue weighted by Crippen LogP contribution is -2.22. The van der Waals surface area contributed by atoms with Gasteiger partial charge < -0.3 is 5.32 Å². The lowest BCUT2D eigenvalue weighted by Gasteiger charge is -2.05. The first-order chi connectivity index (χ1) is 11.8. The zero-order chi connectivity index (χ0) is 16.4. The van der Waals surface area contributed by atoms with E-state index < -0.39 is 0 Å². The van der Waals surface area contributed by atoms with E-state index in [4.69, 9.17) is 0 Å². The van der Waals surface area contributed by atoms with E-state index in [9.17, 15) is 4.79 Å². The van der Waals surface area contributed by atoms with Gasteiger partial charge in [0.25, 0.3) is 5.91 Å². The van der Waals surface area contributed by atoms with Crippen LogP contribution >= 0.6 is 11.3 Å². The van der Waals surface area contributed by atoms with Gasteiger partial charge in [-0.1, -0.05) is 6.07 Å². The molecule has 118 valence electrons. The standard InChI is InChI=1S/C17H13N5OS/c23-17(20-10-12-3-6-18-7-4-12)13-11-21-22-14(5-8-19-16(13)22)15-2-1-9-24-15/h1-9,11H,10H2,(H,20,23). The van der Waals surface area contributed by atoms with Crippen molar-refractivity contribution in [1.29, 1.82) is 0 Å². The molecule has 0 aliphatic carbocycles. The molecule has 4 heterocycles. The predicted octanol–water partition coefficient (Wildman–Crippen LogP) is 2.78. The number of pyridine rings is 1.